The van der Waals surface area contributed by atoms with Gasteiger partial charge >= 0.3 is 0 Å². The first kappa shape index (κ1) is 29.1. The first-order chi connectivity index (χ1) is 25.3. The summed E-state index contributed by atoms with van der Waals surface area (Å²) in [6.07, 6.45) is 0. The van der Waals surface area contributed by atoms with E-state index in [0.717, 1.165) is 66.8 Å². The number of rotatable bonds is 6. The summed E-state index contributed by atoms with van der Waals surface area (Å²) < 4.78 is 9.14. The van der Waals surface area contributed by atoms with Crippen LogP contribution >= 0.6 is 0 Å². The molecule has 240 valence electrons. The molecule has 0 bridgehead atoms. The Bertz CT molecular complexity index is 2820. The third-order valence-corrected chi connectivity index (χ3v) is 9.99. The van der Waals surface area contributed by atoms with Crippen LogP contribution in [0.5, 0.6) is 0 Å². The second-order valence-corrected chi connectivity index (χ2v) is 12.9. The van der Waals surface area contributed by atoms with Gasteiger partial charge in [0.15, 0.2) is 5.58 Å². The van der Waals surface area contributed by atoms with E-state index in [-0.39, 0.29) is 0 Å². The van der Waals surface area contributed by atoms with Crippen molar-refractivity contribution in [2.24, 2.45) is 0 Å². The topological polar surface area (TPSA) is 21.3 Å². The number of fused-ring (bicyclic) bond motifs is 6. The average Bonchev–Trinajstić information content (AvgIpc) is 3.74. The molecule has 0 radical (unpaired) electrons. The van der Waals surface area contributed by atoms with Crippen LogP contribution < -0.4 is 4.90 Å². The summed E-state index contributed by atoms with van der Waals surface area (Å²) in [5, 5.41) is 4.72. The van der Waals surface area contributed by atoms with Crippen molar-refractivity contribution < 1.29 is 4.42 Å². The summed E-state index contributed by atoms with van der Waals surface area (Å²) in [7, 11) is 0. The number of benzene rings is 8. The molecule has 8 aromatic carbocycles. The first-order valence-electron chi connectivity index (χ1n) is 17.4. The highest BCUT2D eigenvalue weighted by atomic mass is 16.3. The molecule has 0 atom stereocenters. The Morgan fingerprint density at radius 1 is 0.373 bits per heavy atom. The van der Waals surface area contributed by atoms with Crippen LogP contribution in [0.1, 0.15) is 0 Å². The second kappa shape index (κ2) is 11.9. The van der Waals surface area contributed by atoms with Crippen molar-refractivity contribution in [2.45, 2.75) is 0 Å². The Kier molecular flexibility index (Phi) is 6.81. The zero-order chi connectivity index (χ0) is 33.7. The molecule has 3 heteroatoms. The molecule has 0 saturated carbocycles. The van der Waals surface area contributed by atoms with E-state index in [4.69, 9.17) is 4.42 Å². The van der Waals surface area contributed by atoms with Crippen LogP contribution in [0.3, 0.4) is 0 Å². The van der Waals surface area contributed by atoms with Crippen LogP contribution in [0.15, 0.2) is 199 Å². The van der Waals surface area contributed by atoms with Crippen LogP contribution in [-0.2, 0) is 0 Å². The summed E-state index contributed by atoms with van der Waals surface area (Å²) in [5.41, 5.74) is 13.1. The summed E-state index contributed by atoms with van der Waals surface area (Å²) in [5.74, 6) is 0. The Morgan fingerprint density at radius 3 is 1.65 bits per heavy atom. The molecule has 0 fully saturated rings. The van der Waals surface area contributed by atoms with E-state index in [1.165, 1.54) is 21.9 Å². The van der Waals surface area contributed by atoms with Crippen molar-refractivity contribution in [2.75, 3.05) is 4.90 Å². The normalized spacial score (nSPS) is 11.5. The third kappa shape index (κ3) is 4.82. The molecular formula is C48H32N2O. The van der Waals surface area contributed by atoms with Crippen molar-refractivity contribution in [3.63, 3.8) is 0 Å². The van der Waals surface area contributed by atoms with Gasteiger partial charge in [-0.2, -0.15) is 0 Å². The lowest BCUT2D eigenvalue weighted by atomic mass is 9.98. The first-order valence-corrected chi connectivity index (χ1v) is 17.4. The van der Waals surface area contributed by atoms with E-state index in [1.807, 2.05) is 0 Å². The fourth-order valence-corrected chi connectivity index (χ4v) is 7.65. The van der Waals surface area contributed by atoms with Gasteiger partial charge < -0.3 is 13.9 Å². The van der Waals surface area contributed by atoms with Crippen molar-refractivity contribution >= 4 is 60.8 Å². The van der Waals surface area contributed by atoms with E-state index < -0.39 is 0 Å². The van der Waals surface area contributed by atoms with Crippen LogP contribution in [-0.4, -0.2) is 4.57 Å². The summed E-state index contributed by atoms with van der Waals surface area (Å²) >= 11 is 0. The molecule has 0 amide bonds. The van der Waals surface area contributed by atoms with E-state index in [9.17, 15) is 0 Å². The fourth-order valence-electron chi connectivity index (χ4n) is 7.65. The number of furan rings is 1. The van der Waals surface area contributed by atoms with Gasteiger partial charge in [-0.05, 0) is 94.2 Å². The predicted molar refractivity (Wildman–Crippen MR) is 214 cm³/mol. The molecule has 3 nitrogen and oxygen atoms in total. The molecular weight excluding hydrogens is 621 g/mol. The lowest BCUT2D eigenvalue weighted by Crippen LogP contribution is -2.09. The van der Waals surface area contributed by atoms with Gasteiger partial charge in [-0.15, -0.1) is 0 Å². The zero-order valence-corrected chi connectivity index (χ0v) is 27.8. The second-order valence-electron chi connectivity index (χ2n) is 12.9. The maximum absolute atomic E-state index is 6.81. The summed E-state index contributed by atoms with van der Waals surface area (Å²) in [6, 6.07) is 68.9. The zero-order valence-electron chi connectivity index (χ0n) is 27.8. The summed E-state index contributed by atoms with van der Waals surface area (Å²) in [4.78, 5) is 2.31. The molecule has 0 aliphatic rings. The highest BCUT2D eigenvalue weighted by molar-refractivity contribution is 6.18. The van der Waals surface area contributed by atoms with E-state index in [0.29, 0.717) is 0 Å². The fraction of sp³-hybridized carbons (Fsp3) is 0. The standard InChI is InChI=1S/C48H32N2O/c1-3-15-36(16-4-1)49(38-29-25-34(26-30-38)41-21-11-14-33-13-7-8-19-40(33)41)39-31-27-35(28-32-39)42-22-12-23-44-46-48(51-47(42)44)43-20-9-10-24-45(43)50(46)37-17-5-2-6-18-37/h1-32H. The van der Waals surface area contributed by atoms with Crippen molar-refractivity contribution in [1.29, 1.82) is 0 Å². The molecule has 0 unspecified atom stereocenters. The molecule has 0 saturated heterocycles. The Hall–Kier alpha value is -6.84. The molecule has 2 aromatic heterocycles. The van der Waals surface area contributed by atoms with Crippen molar-refractivity contribution in [3.05, 3.63) is 194 Å². The van der Waals surface area contributed by atoms with Gasteiger partial charge in [0.1, 0.15) is 11.1 Å². The average molecular weight is 653 g/mol. The minimum absolute atomic E-state index is 0.898. The van der Waals surface area contributed by atoms with Gasteiger partial charge in [-0.25, -0.2) is 0 Å². The number of aromatic nitrogens is 1. The van der Waals surface area contributed by atoms with Gasteiger partial charge in [0.05, 0.1) is 5.52 Å². The Morgan fingerprint density at radius 2 is 0.902 bits per heavy atom. The van der Waals surface area contributed by atoms with Gasteiger partial charge in [0, 0.05) is 39.1 Å². The van der Waals surface area contributed by atoms with Crippen LogP contribution in [0.2, 0.25) is 0 Å². The molecule has 0 spiro atoms. The quantitative estimate of drug-likeness (QED) is 0.178. The largest absolute Gasteiger partial charge is 0.453 e. The minimum atomic E-state index is 0.898. The lowest BCUT2D eigenvalue weighted by Gasteiger charge is -2.26. The predicted octanol–water partition coefficient (Wildman–Crippen LogP) is 13.5. The van der Waals surface area contributed by atoms with Gasteiger partial charge in [0.2, 0.25) is 0 Å². The molecule has 0 N–H and O–H groups in total. The Labute approximate surface area is 295 Å². The molecule has 10 rings (SSSR count). The lowest BCUT2D eigenvalue weighted by molar-refractivity contribution is 0.674. The molecule has 0 aliphatic carbocycles. The number of hydrogen-bond donors (Lipinski definition) is 0. The van der Waals surface area contributed by atoms with E-state index in [1.54, 1.807) is 0 Å². The van der Waals surface area contributed by atoms with Crippen molar-refractivity contribution in [3.8, 4) is 27.9 Å². The van der Waals surface area contributed by atoms with Gasteiger partial charge in [-0.3, -0.25) is 0 Å². The SMILES string of the molecule is c1ccc(N(c2ccc(-c3cccc4ccccc34)cc2)c2ccc(-c3cccc4c3oc3c5ccccc5n(-c5ccccc5)c43)cc2)cc1. The smallest absolute Gasteiger partial charge is 0.161 e. The summed E-state index contributed by atoms with van der Waals surface area (Å²) in [6.45, 7) is 0. The maximum Gasteiger partial charge on any atom is 0.161 e. The number of hydrogen-bond acceptors (Lipinski definition) is 2. The molecule has 0 aliphatic heterocycles. The molecule has 10 aromatic rings. The molecule has 51 heavy (non-hydrogen) atoms. The number of anilines is 3. The number of para-hydroxylation sites is 4. The third-order valence-electron chi connectivity index (χ3n) is 9.99. The van der Waals surface area contributed by atoms with Gasteiger partial charge in [-0.1, -0.05) is 127 Å². The molecule has 2 heterocycles. The Balaban J connectivity index is 1.06. The van der Waals surface area contributed by atoms with Gasteiger partial charge in [0.25, 0.3) is 0 Å². The minimum Gasteiger partial charge on any atom is -0.453 e. The van der Waals surface area contributed by atoms with E-state index in [2.05, 4.69) is 204 Å². The highest BCUT2D eigenvalue weighted by Gasteiger charge is 2.21. The van der Waals surface area contributed by atoms with Crippen LogP contribution in [0.4, 0.5) is 17.1 Å². The van der Waals surface area contributed by atoms with Crippen molar-refractivity contribution in [1.82, 2.24) is 4.57 Å². The van der Waals surface area contributed by atoms with E-state index >= 15 is 0 Å². The highest BCUT2D eigenvalue weighted by Crippen LogP contribution is 2.43. The van der Waals surface area contributed by atoms with Crippen LogP contribution in [0, 0.1) is 0 Å². The monoisotopic (exact) mass is 652 g/mol. The number of nitrogens with zero attached hydrogens (tertiary/aromatic N) is 2. The van der Waals surface area contributed by atoms with Crippen LogP contribution in [0.25, 0.3) is 71.7 Å². The maximum atomic E-state index is 6.81.